The molecule has 3 aromatic carbocycles. The molecule has 0 N–H and O–H groups in total. The van der Waals surface area contributed by atoms with E-state index in [1.54, 1.807) is 0 Å². The van der Waals surface area contributed by atoms with E-state index in [0.717, 1.165) is 16.6 Å². The second-order valence-electron chi connectivity index (χ2n) is 7.51. The fraction of sp³-hybridized carbons (Fsp3) is 0.167. The summed E-state index contributed by atoms with van der Waals surface area (Å²) in [7, 11) is 0. The van der Waals surface area contributed by atoms with Crippen molar-refractivity contribution < 1.29 is 14.3 Å². The molecule has 1 aromatic heterocycles. The van der Waals surface area contributed by atoms with Crippen LogP contribution in [0.25, 0.3) is 11.0 Å². The van der Waals surface area contributed by atoms with E-state index in [-0.39, 0.29) is 35.0 Å². The molecule has 4 rings (SSSR count). The summed E-state index contributed by atoms with van der Waals surface area (Å²) < 4.78 is 4.11. The molecular formula is C24H23BrN3O3+. The summed E-state index contributed by atoms with van der Waals surface area (Å²) >= 11 is 0. The predicted octanol–water partition coefficient (Wildman–Crippen LogP) is 4.96. The first-order valence-corrected chi connectivity index (χ1v) is 9.73. The average Bonchev–Trinajstić information content (AvgIpc) is 3.05. The molecule has 6 nitrogen and oxygen atoms in total. The van der Waals surface area contributed by atoms with Gasteiger partial charge >= 0.3 is 0 Å². The molecule has 0 aliphatic rings. The number of rotatable bonds is 6. The van der Waals surface area contributed by atoms with Gasteiger partial charge in [-0.05, 0) is 54.8 Å². The minimum atomic E-state index is -0.467. The summed E-state index contributed by atoms with van der Waals surface area (Å²) in [4.78, 5) is 23.2. The van der Waals surface area contributed by atoms with Crippen molar-refractivity contribution in [3.63, 3.8) is 0 Å². The number of imidazole rings is 1. The van der Waals surface area contributed by atoms with E-state index in [9.17, 15) is 14.9 Å². The van der Waals surface area contributed by atoms with Gasteiger partial charge in [0.2, 0.25) is 12.1 Å². The Labute approximate surface area is 190 Å². The molecule has 0 unspecified atom stereocenters. The van der Waals surface area contributed by atoms with Crippen LogP contribution < -0.4 is 4.57 Å². The van der Waals surface area contributed by atoms with Gasteiger partial charge in [0, 0.05) is 17.7 Å². The highest BCUT2D eigenvalue weighted by Gasteiger charge is 2.20. The van der Waals surface area contributed by atoms with E-state index in [4.69, 9.17) is 0 Å². The van der Waals surface area contributed by atoms with Gasteiger partial charge in [-0.25, -0.2) is 9.13 Å². The van der Waals surface area contributed by atoms with Crippen molar-refractivity contribution in [3.05, 3.63) is 105 Å². The van der Waals surface area contributed by atoms with Crippen molar-refractivity contribution in [1.82, 2.24) is 4.57 Å². The van der Waals surface area contributed by atoms with Crippen molar-refractivity contribution in [2.24, 2.45) is 0 Å². The number of halogens is 1. The van der Waals surface area contributed by atoms with Gasteiger partial charge in [0.1, 0.15) is 6.54 Å². The number of hydrogen-bond acceptors (Lipinski definition) is 3. The fourth-order valence-corrected chi connectivity index (χ4v) is 3.59. The number of hydrogen-bond donors (Lipinski definition) is 0. The van der Waals surface area contributed by atoms with Crippen molar-refractivity contribution in [2.45, 2.75) is 26.9 Å². The first-order valence-electron chi connectivity index (χ1n) is 9.73. The number of carbonyl (C=O) groups excluding carboxylic acids is 1. The third-order valence-corrected chi connectivity index (χ3v) is 5.40. The number of nitrogens with zero attached hydrogens (tertiary/aromatic N) is 3. The number of benzene rings is 3. The highest BCUT2D eigenvalue weighted by molar-refractivity contribution is 8.93. The monoisotopic (exact) mass is 480 g/mol. The number of aromatic nitrogens is 2. The highest BCUT2D eigenvalue weighted by atomic mass is 79.9. The van der Waals surface area contributed by atoms with Crippen molar-refractivity contribution >= 4 is 39.5 Å². The Kier molecular flexibility index (Phi) is 6.65. The van der Waals surface area contributed by atoms with Crippen molar-refractivity contribution in [3.8, 4) is 0 Å². The van der Waals surface area contributed by atoms with Gasteiger partial charge in [-0.1, -0.05) is 30.3 Å². The van der Waals surface area contributed by atoms with E-state index in [1.165, 1.54) is 35.4 Å². The largest absolute Gasteiger partial charge is 0.290 e. The maximum absolute atomic E-state index is 12.9. The summed E-state index contributed by atoms with van der Waals surface area (Å²) in [5.74, 6) is -0.0908. The van der Waals surface area contributed by atoms with Crippen LogP contribution in [0.5, 0.6) is 0 Å². The average molecular weight is 481 g/mol. The third kappa shape index (κ3) is 4.72. The zero-order chi connectivity index (χ0) is 21.3. The Morgan fingerprint density at radius 2 is 1.65 bits per heavy atom. The van der Waals surface area contributed by atoms with Crippen LogP contribution in [-0.2, 0) is 13.1 Å². The van der Waals surface area contributed by atoms with E-state index in [0.29, 0.717) is 12.1 Å². The van der Waals surface area contributed by atoms with Crippen LogP contribution in [0.4, 0.5) is 5.69 Å². The normalized spacial score (nSPS) is 10.6. The van der Waals surface area contributed by atoms with Crippen LogP contribution in [0.2, 0.25) is 0 Å². The van der Waals surface area contributed by atoms with Crippen molar-refractivity contribution in [2.75, 3.05) is 0 Å². The fourth-order valence-electron chi connectivity index (χ4n) is 3.59. The summed E-state index contributed by atoms with van der Waals surface area (Å²) in [6.45, 7) is 5.02. The summed E-state index contributed by atoms with van der Waals surface area (Å²) in [6, 6.07) is 20.2. The molecule has 7 heteroatoms. The summed E-state index contributed by atoms with van der Waals surface area (Å²) in [6.07, 6.45) is 1.97. The third-order valence-electron chi connectivity index (χ3n) is 5.40. The van der Waals surface area contributed by atoms with Gasteiger partial charge in [-0.2, -0.15) is 0 Å². The first-order chi connectivity index (χ1) is 14.4. The maximum Gasteiger partial charge on any atom is 0.269 e. The quantitative estimate of drug-likeness (QED) is 0.169. The smallest absolute Gasteiger partial charge is 0.269 e. The highest BCUT2D eigenvalue weighted by Crippen LogP contribution is 2.19. The van der Waals surface area contributed by atoms with E-state index in [1.807, 2.05) is 29.1 Å². The van der Waals surface area contributed by atoms with Gasteiger partial charge in [-0.15, -0.1) is 17.0 Å². The molecule has 0 radical (unpaired) electrons. The molecule has 4 aromatic rings. The van der Waals surface area contributed by atoms with E-state index < -0.39 is 4.92 Å². The lowest BCUT2D eigenvalue weighted by Gasteiger charge is -2.02. The minimum absolute atomic E-state index is 0. The molecule has 0 saturated heterocycles. The Hall–Kier alpha value is -3.32. The molecule has 0 spiro atoms. The number of non-ortho nitro benzene ring substituents is 1. The lowest BCUT2D eigenvalue weighted by Crippen LogP contribution is -2.33. The van der Waals surface area contributed by atoms with Crippen LogP contribution in [0, 0.1) is 24.0 Å². The van der Waals surface area contributed by atoms with E-state index in [2.05, 4.69) is 42.7 Å². The van der Waals surface area contributed by atoms with Crippen LogP contribution >= 0.6 is 17.0 Å². The summed E-state index contributed by atoms with van der Waals surface area (Å²) in [5, 5.41) is 10.8. The molecule has 1 heterocycles. The van der Waals surface area contributed by atoms with E-state index >= 15 is 0 Å². The number of ketones is 1. The second kappa shape index (κ2) is 9.22. The number of nitro benzene ring substituents is 1. The molecule has 0 bridgehead atoms. The SMILES string of the molecule is Br.Cc1cc2c(cc1C)[n+](Cc1ccccc1)cn2CC(=O)c1ccc([N+](=O)[O-])cc1. The molecule has 31 heavy (non-hydrogen) atoms. The topological polar surface area (TPSA) is 69.0 Å². The lowest BCUT2D eigenvalue weighted by atomic mass is 10.1. The van der Waals surface area contributed by atoms with Gasteiger partial charge in [0.25, 0.3) is 5.69 Å². The minimum Gasteiger partial charge on any atom is -0.290 e. The Morgan fingerprint density at radius 1 is 1.00 bits per heavy atom. The van der Waals surface area contributed by atoms with Crippen molar-refractivity contribution in [1.29, 1.82) is 0 Å². The Balaban J connectivity index is 0.00000272. The standard InChI is InChI=1S/C24H22N3O3.BrH/c1-17-12-22-23(13-18(17)2)26(16-25(22)14-19-6-4-3-5-7-19)15-24(28)20-8-10-21(11-9-20)27(29)30;/h3-13,16H,14-15H2,1-2H3;1H/q+1;. The van der Waals surface area contributed by atoms with Crippen LogP contribution in [0.3, 0.4) is 0 Å². The summed E-state index contributed by atoms with van der Waals surface area (Å²) in [5.41, 5.74) is 6.04. The Morgan fingerprint density at radius 3 is 2.29 bits per heavy atom. The Bertz CT molecular complexity index is 1250. The van der Waals surface area contributed by atoms with Gasteiger partial charge in [0.05, 0.1) is 4.92 Å². The zero-order valence-corrected chi connectivity index (χ0v) is 19.0. The molecular weight excluding hydrogens is 458 g/mol. The molecule has 0 saturated carbocycles. The molecule has 0 amide bonds. The second-order valence-corrected chi connectivity index (χ2v) is 7.51. The van der Waals surface area contributed by atoms with Gasteiger partial charge < -0.3 is 0 Å². The van der Waals surface area contributed by atoms with Crippen LogP contribution in [-0.4, -0.2) is 15.3 Å². The number of carbonyl (C=O) groups is 1. The number of nitro groups is 1. The number of aryl methyl sites for hydroxylation is 2. The molecule has 158 valence electrons. The molecule has 0 fully saturated rings. The molecule has 0 aliphatic carbocycles. The zero-order valence-electron chi connectivity index (χ0n) is 17.3. The number of fused-ring (bicyclic) bond motifs is 1. The first kappa shape index (κ1) is 22.4. The lowest BCUT2D eigenvalue weighted by molar-refractivity contribution is -0.663. The predicted molar refractivity (Wildman–Crippen MR) is 125 cm³/mol. The number of Topliss-reactive ketones (excluding diaryl/α,β-unsaturated/α-hetero) is 1. The van der Waals surface area contributed by atoms with Crippen LogP contribution in [0.1, 0.15) is 27.0 Å². The molecule has 0 atom stereocenters. The van der Waals surface area contributed by atoms with Gasteiger partial charge in [-0.3, -0.25) is 14.9 Å². The van der Waals surface area contributed by atoms with Gasteiger partial charge in [0.15, 0.2) is 17.6 Å². The van der Waals surface area contributed by atoms with Crippen LogP contribution in [0.15, 0.2) is 73.1 Å². The maximum atomic E-state index is 12.9. The molecule has 0 aliphatic heterocycles.